The van der Waals surface area contributed by atoms with Gasteiger partial charge in [-0.1, -0.05) is 37.9 Å². The van der Waals surface area contributed by atoms with Crippen LogP contribution >= 0.6 is 31.9 Å². The van der Waals surface area contributed by atoms with Crippen LogP contribution in [0.3, 0.4) is 0 Å². The fraction of sp³-hybridized carbons (Fsp3) is 0.200. The average molecular weight is 336 g/mol. The number of halogens is 2. The molecule has 0 aliphatic heterocycles. The van der Waals surface area contributed by atoms with Gasteiger partial charge in [-0.05, 0) is 19.1 Å². The molecule has 0 aliphatic rings. The van der Waals surface area contributed by atoms with Crippen molar-refractivity contribution in [3.63, 3.8) is 0 Å². The number of rotatable bonds is 3. The fourth-order valence-electron chi connectivity index (χ4n) is 1.15. The number of hydrogen-bond acceptors (Lipinski definition) is 2. The minimum Gasteiger partial charge on any atom is -0.478 e. The van der Waals surface area contributed by atoms with Gasteiger partial charge in [0.2, 0.25) is 0 Å². The van der Waals surface area contributed by atoms with Crippen LogP contribution in [0.2, 0.25) is 0 Å². The molecule has 1 aromatic rings. The lowest BCUT2D eigenvalue weighted by molar-refractivity contribution is 0.0692. The molecule has 0 heterocycles. The molecule has 1 unspecified atom stereocenters. The number of alkyl halides is 1. The van der Waals surface area contributed by atoms with Crippen molar-refractivity contribution < 1.29 is 14.7 Å². The van der Waals surface area contributed by atoms with Crippen LogP contribution in [0.5, 0.6) is 0 Å². The van der Waals surface area contributed by atoms with E-state index in [-0.39, 0.29) is 16.9 Å². The van der Waals surface area contributed by atoms with Crippen molar-refractivity contribution in [3.05, 3.63) is 33.8 Å². The molecule has 0 aromatic heterocycles. The van der Waals surface area contributed by atoms with E-state index in [0.29, 0.717) is 4.47 Å². The Balaban J connectivity index is 3.37. The van der Waals surface area contributed by atoms with Crippen LogP contribution in [0.1, 0.15) is 27.6 Å². The number of carboxylic acids is 1. The van der Waals surface area contributed by atoms with Gasteiger partial charge in [0.25, 0.3) is 0 Å². The summed E-state index contributed by atoms with van der Waals surface area (Å²) < 4.78 is 0.499. The maximum atomic E-state index is 11.8. The van der Waals surface area contributed by atoms with Crippen molar-refractivity contribution in [1.29, 1.82) is 0 Å². The van der Waals surface area contributed by atoms with E-state index in [9.17, 15) is 9.59 Å². The Morgan fingerprint density at radius 1 is 1.40 bits per heavy atom. The summed E-state index contributed by atoms with van der Waals surface area (Å²) in [5, 5.41) is 8.93. The van der Waals surface area contributed by atoms with Crippen molar-refractivity contribution >= 4 is 43.6 Å². The summed E-state index contributed by atoms with van der Waals surface area (Å²) >= 11 is 6.31. The molecule has 0 saturated heterocycles. The standard InChI is InChI=1S/C10H8Br2O3/c1-5(11)9(13)8-6(10(14)15)3-2-4-7(8)12/h2-5H,1H3,(H,14,15). The van der Waals surface area contributed by atoms with Crippen molar-refractivity contribution in [3.8, 4) is 0 Å². The second-order valence-electron chi connectivity index (χ2n) is 2.95. The van der Waals surface area contributed by atoms with E-state index in [1.54, 1.807) is 19.1 Å². The Morgan fingerprint density at radius 2 is 2.00 bits per heavy atom. The van der Waals surface area contributed by atoms with Crippen molar-refractivity contribution in [2.24, 2.45) is 0 Å². The highest BCUT2D eigenvalue weighted by Crippen LogP contribution is 2.24. The Morgan fingerprint density at radius 3 is 2.47 bits per heavy atom. The van der Waals surface area contributed by atoms with Gasteiger partial charge in [0.15, 0.2) is 5.78 Å². The Hall–Kier alpha value is -0.680. The fourth-order valence-corrected chi connectivity index (χ4v) is 1.94. The first-order valence-electron chi connectivity index (χ1n) is 4.15. The maximum absolute atomic E-state index is 11.8. The summed E-state index contributed by atoms with van der Waals surface area (Å²) in [7, 11) is 0. The topological polar surface area (TPSA) is 54.4 Å². The van der Waals surface area contributed by atoms with Gasteiger partial charge in [0, 0.05) is 10.0 Å². The molecule has 80 valence electrons. The van der Waals surface area contributed by atoms with Gasteiger partial charge in [-0.25, -0.2) is 4.79 Å². The second-order valence-corrected chi connectivity index (χ2v) is 5.18. The first-order valence-corrected chi connectivity index (χ1v) is 5.86. The van der Waals surface area contributed by atoms with Gasteiger partial charge in [-0.3, -0.25) is 4.79 Å². The van der Waals surface area contributed by atoms with Crippen molar-refractivity contribution in [2.45, 2.75) is 11.8 Å². The molecule has 5 heteroatoms. The van der Waals surface area contributed by atoms with Crippen LogP contribution in [0.15, 0.2) is 22.7 Å². The number of ketones is 1. The molecule has 0 spiro atoms. The smallest absolute Gasteiger partial charge is 0.336 e. The molecule has 1 rings (SSSR count). The molecule has 0 radical (unpaired) electrons. The summed E-state index contributed by atoms with van der Waals surface area (Å²) in [4.78, 5) is 22.3. The molecule has 0 bridgehead atoms. The lowest BCUT2D eigenvalue weighted by atomic mass is 10.0. The molecule has 0 fully saturated rings. The number of carbonyl (C=O) groups is 2. The minimum atomic E-state index is -1.10. The highest BCUT2D eigenvalue weighted by Gasteiger charge is 2.22. The second kappa shape index (κ2) is 4.90. The van der Waals surface area contributed by atoms with Gasteiger partial charge < -0.3 is 5.11 Å². The Kier molecular flexibility index (Phi) is 4.04. The van der Waals surface area contributed by atoms with Gasteiger partial charge in [0.1, 0.15) is 0 Å². The van der Waals surface area contributed by atoms with E-state index in [4.69, 9.17) is 5.11 Å². The number of carboxylic acid groups (broad SMARTS) is 1. The van der Waals surface area contributed by atoms with E-state index >= 15 is 0 Å². The lowest BCUT2D eigenvalue weighted by Gasteiger charge is -2.08. The minimum absolute atomic E-state index is 0.0145. The van der Waals surface area contributed by atoms with Gasteiger partial charge in [0.05, 0.1) is 10.4 Å². The average Bonchev–Trinajstić information content (AvgIpc) is 2.16. The first kappa shape index (κ1) is 12.4. The molecular weight excluding hydrogens is 328 g/mol. The third-order valence-electron chi connectivity index (χ3n) is 1.85. The zero-order valence-corrected chi connectivity index (χ0v) is 11.0. The molecule has 0 saturated carbocycles. The number of Topliss-reactive ketones (excluding diaryl/α,β-unsaturated/α-hetero) is 1. The van der Waals surface area contributed by atoms with Gasteiger partial charge in [-0.2, -0.15) is 0 Å². The third-order valence-corrected chi connectivity index (χ3v) is 2.93. The summed E-state index contributed by atoms with van der Waals surface area (Å²) in [6, 6.07) is 4.65. The van der Waals surface area contributed by atoms with Gasteiger partial charge >= 0.3 is 5.97 Å². The number of aromatic carboxylic acids is 1. The molecule has 1 N–H and O–H groups in total. The molecular formula is C10H8Br2O3. The number of benzene rings is 1. The highest BCUT2D eigenvalue weighted by atomic mass is 79.9. The molecule has 1 atom stereocenters. The first-order chi connectivity index (χ1) is 6.95. The predicted octanol–water partition coefficient (Wildman–Crippen LogP) is 3.11. The lowest BCUT2D eigenvalue weighted by Crippen LogP contribution is -2.15. The molecule has 0 amide bonds. The highest BCUT2D eigenvalue weighted by molar-refractivity contribution is 9.10. The van der Waals surface area contributed by atoms with E-state index in [1.165, 1.54) is 6.07 Å². The summed E-state index contributed by atoms with van der Waals surface area (Å²) in [5.41, 5.74) is 0.218. The van der Waals surface area contributed by atoms with Crippen LogP contribution in [0.4, 0.5) is 0 Å². The van der Waals surface area contributed by atoms with Crippen molar-refractivity contribution in [2.75, 3.05) is 0 Å². The molecule has 1 aromatic carbocycles. The zero-order chi connectivity index (χ0) is 11.6. The number of hydrogen-bond donors (Lipinski definition) is 1. The summed E-state index contributed by atoms with van der Waals surface area (Å²) in [5.74, 6) is -1.35. The number of carbonyl (C=O) groups excluding carboxylic acids is 1. The molecule has 3 nitrogen and oxygen atoms in total. The zero-order valence-electron chi connectivity index (χ0n) is 7.83. The molecule has 15 heavy (non-hydrogen) atoms. The van der Waals surface area contributed by atoms with E-state index in [1.807, 2.05) is 0 Å². The summed E-state index contributed by atoms with van der Waals surface area (Å²) in [6.07, 6.45) is 0. The van der Waals surface area contributed by atoms with Crippen LogP contribution in [0.25, 0.3) is 0 Å². The van der Waals surface area contributed by atoms with Crippen LogP contribution in [-0.2, 0) is 0 Å². The van der Waals surface area contributed by atoms with Gasteiger partial charge in [-0.15, -0.1) is 0 Å². The van der Waals surface area contributed by atoms with Crippen LogP contribution < -0.4 is 0 Å². The maximum Gasteiger partial charge on any atom is 0.336 e. The monoisotopic (exact) mass is 334 g/mol. The quantitative estimate of drug-likeness (QED) is 0.682. The predicted molar refractivity (Wildman–Crippen MR) is 63.8 cm³/mol. The Bertz CT molecular complexity index is 413. The van der Waals surface area contributed by atoms with E-state index in [2.05, 4.69) is 31.9 Å². The van der Waals surface area contributed by atoms with E-state index in [0.717, 1.165) is 0 Å². The molecule has 0 aliphatic carbocycles. The largest absolute Gasteiger partial charge is 0.478 e. The Labute approximate surface area is 104 Å². The van der Waals surface area contributed by atoms with E-state index < -0.39 is 10.8 Å². The summed E-state index contributed by atoms with van der Waals surface area (Å²) in [6.45, 7) is 1.66. The van der Waals surface area contributed by atoms with Crippen LogP contribution in [-0.4, -0.2) is 21.7 Å². The van der Waals surface area contributed by atoms with Crippen LogP contribution in [0, 0.1) is 0 Å². The SMILES string of the molecule is CC(Br)C(=O)c1c(Br)cccc1C(=O)O. The van der Waals surface area contributed by atoms with Crippen molar-refractivity contribution in [1.82, 2.24) is 0 Å². The normalized spacial score (nSPS) is 12.2. The third kappa shape index (κ3) is 2.66.